The van der Waals surface area contributed by atoms with Crippen molar-refractivity contribution in [2.75, 3.05) is 13.2 Å². The van der Waals surface area contributed by atoms with Crippen LogP contribution in [-0.2, 0) is 9.47 Å². The highest BCUT2D eigenvalue weighted by Gasteiger charge is 2.12. The van der Waals surface area contributed by atoms with E-state index in [4.69, 9.17) is 9.47 Å². The quantitative estimate of drug-likeness (QED) is 0.411. The summed E-state index contributed by atoms with van der Waals surface area (Å²) in [5.41, 5.74) is 0. The molecular formula is C18H32O2. The summed E-state index contributed by atoms with van der Waals surface area (Å²) < 4.78 is 11.2. The molecule has 0 aromatic heterocycles. The summed E-state index contributed by atoms with van der Waals surface area (Å²) in [7, 11) is 0. The van der Waals surface area contributed by atoms with E-state index in [0.717, 1.165) is 38.9 Å². The van der Waals surface area contributed by atoms with Gasteiger partial charge in [0.15, 0.2) is 6.29 Å². The smallest absolute Gasteiger partial charge is 0.157 e. The molecular weight excluding hydrogens is 248 g/mol. The van der Waals surface area contributed by atoms with E-state index in [1.165, 1.54) is 51.4 Å². The predicted molar refractivity (Wildman–Crippen MR) is 84.5 cm³/mol. The second-order valence-corrected chi connectivity index (χ2v) is 5.64. The first kappa shape index (κ1) is 17.5. The third-order valence-electron chi connectivity index (χ3n) is 3.67. The molecule has 1 saturated heterocycles. The third-order valence-corrected chi connectivity index (χ3v) is 3.67. The van der Waals surface area contributed by atoms with E-state index in [1.54, 1.807) is 0 Å². The van der Waals surface area contributed by atoms with Crippen LogP contribution in [0.15, 0.2) is 0 Å². The Morgan fingerprint density at radius 2 is 1.70 bits per heavy atom. The molecule has 0 amide bonds. The summed E-state index contributed by atoms with van der Waals surface area (Å²) in [6, 6.07) is 0. The van der Waals surface area contributed by atoms with Gasteiger partial charge in [-0.05, 0) is 38.5 Å². The minimum atomic E-state index is 0.0756. The highest BCUT2D eigenvalue weighted by molar-refractivity contribution is 4.98. The minimum absolute atomic E-state index is 0.0756. The summed E-state index contributed by atoms with van der Waals surface area (Å²) in [6.45, 7) is 3.96. The largest absolute Gasteiger partial charge is 0.353 e. The van der Waals surface area contributed by atoms with Gasteiger partial charge in [-0.25, -0.2) is 0 Å². The maximum atomic E-state index is 5.71. The van der Waals surface area contributed by atoms with Crippen molar-refractivity contribution < 1.29 is 9.47 Å². The zero-order valence-corrected chi connectivity index (χ0v) is 13.3. The summed E-state index contributed by atoms with van der Waals surface area (Å²) in [5.74, 6) is 6.57. The maximum Gasteiger partial charge on any atom is 0.157 e. The van der Waals surface area contributed by atoms with Crippen LogP contribution in [0.4, 0.5) is 0 Å². The van der Waals surface area contributed by atoms with Crippen LogP contribution in [0, 0.1) is 11.8 Å². The van der Waals surface area contributed by atoms with Crippen LogP contribution in [-0.4, -0.2) is 19.5 Å². The van der Waals surface area contributed by atoms with Crippen LogP contribution in [0.1, 0.15) is 84.0 Å². The Kier molecular flexibility index (Phi) is 11.8. The van der Waals surface area contributed by atoms with Gasteiger partial charge in [-0.2, -0.15) is 0 Å². The van der Waals surface area contributed by atoms with Crippen LogP contribution in [0.5, 0.6) is 0 Å². The van der Waals surface area contributed by atoms with Gasteiger partial charge < -0.3 is 9.47 Å². The highest BCUT2D eigenvalue weighted by atomic mass is 16.7. The Hall–Kier alpha value is -0.520. The summed E-state index contributed by atoms with van der Waals surface area (Å²) in [4.78, 5) is 0. The van der Waals surface area contributed by atoms with E-state index in [1.807, 2.05) is 0 Å². The molecule has 0 aromatic rings. The van der Waals surface area contributed by atoms with Gasteiger partial charge in [-0.1, -0.05) is 32.6 Å². The SMILES string of the molecule is CCCCCCC#CCCCCCOC1CCCCO1. The second-order valence-electron chi connectivity index (χ2n) is 5.64. The lowest BCUT2D eigenvalue weighted by Gasteiger charge is -2.22. The van der Waals surface area contributed by atoms with E-state index < -0.39 is 0 Å². The lowest BCUT2D eigenvalue weighted by atomic mass is 10.1. The first-order valence-electron chi connectivity index (χ1n) is 8.62. The molecule has 116 valence electrons. The van der Waals surface area contributed by atoms with Crippen molar-refractivity contribution in [3.63, 3.8) is 0 Å². The summed E-state index contributed by atoms with van der Waals surface area (Å²) in [6.07, 6.45) is 14.6. The van der Waals surface area contributed by atoms with Crippen molar-refractivity contribution >= 4 is 0 Å². The number of unbranched alkanes of at least 4 members (excludes halogenated alkanes) is 7. The first-order valence-corrected chi connectivity index (χ1v) is 8.62. The molecule has 1 aliphatic heterocycles. The molecule has 0 aliphatic carbocycles. The Balaban J connectivity index is 1.79. The van der Waals surface area contributed by atoms with Gasteiger partial charge in [0.1, 0.15) is 0 Å². The van der Waals surface area contributed by atoms with E-state index in [0.29, 0.717) is 0 Å². The molecule has 2 heteroatoms. The van der Waals surface area contributed by atoms with Crippen LogP contribution >= 0.6 is 0 Å². The number of hydrogen-bond donors (Lipinski definition) is 0. The van der Waals surface area contributed by atoms with Crippen LogP contribution in [0.25, 0.3) is 0 Å². The molecule has 0 saturated carbocycles. The van der Waals surface area contributed by atoms with Gasteiger partial charge in [0.25, 0.3) is 0 Å². The van der Waals surface area contributed by atoms with Gasteiger partial charge in [0.2, 0.25) is 0 Å². The lowest BCUT2D eigenvalue weighted by molar-refractivity contribution is -0.162. The number of ether oxygens (including phenoxy) is 2. The Morgan fingerprint density at radius 1 is 0.950 bits per heavy atom. The maximum absolute atomic E-state index is 5.71. The zero-order valence-electron chi connectivity index (χ0n) is 13.3. The monoisotopic (exact) mass is 280 g/mol. The molecule has 0 aromatic carbocycles. The molecule has 1 atom stereocenters. The van der Waals surface area contributed by atoms with Crippen molar-refractivity contribution in [1.82, 2.24) is 0 Å². The van der Waals surface area contributed by atoms with Crippen LogP contribution in [0.3, 0.4) is 0 Å². The Bertz CT molecular complexity index is 258. The lowest BCUT2D eigenvalue weighted by Crippen LogP contribution is -2.22. The third kappa shape index (κ3) is 10.3. The molecule has 1 aliphatic rings. The highest BCUT2D eigenvalue weighted by Crippen LogP contribution is 2.14. The molecule has 0 radical (unpaired) electrons. The normalized spacial score (nSPS) is 18.6. The fourth-order valence-electron chi connectivity index (χ4n) is 2.37. The van der Waals surface area contributed by atoms with Gasteiger partial charge in [0.05, 0.1) is 0 Å². The average Bonchev–Trinajstić information content (AvgIpc) is 2.49. The molecule has 0 bridgehead atoms. The fourth-order valence-corrected chi connectivity index (χ4v) is 2.37. The van der Waals surface area contributed by atoms with Crippen molar-refractivity contribution in [3.05, 3.63) is 0 Å². The molecule has 20 heavy (non-hydrogen) atoms. The first-order chi connectivity index (χ1) is 9.93. The van der Waals surface area contributed by atoms with Gasteiger partial charge in [-0.3, -0.25) is 0 Å². The summed E-state index contributed by atoms with van der Waals surface area (Å²) in [5, 5.41) is 0. The van der Waals surface area contributed by atoms with Crippen LogP contribution < -0.4 is 0 Å². The van der Waals surface area contributed by atoms with Crippen molar-refractivity contribution in [3.8, 4) is 11.8 Å². The van der Waals surface area contributed by atoms with Crippen molar-refractivity contribution in [1.29, 1.82) is 0 Å². The van der Waals surface area contributed by atoms with Crippen LogP contribution in [0.2, 0.25) is 0 Å². The number of hydrogen-bond acceptors (Lipinski definition) is 2. The standard InChI is InChI=1S/C18H32O2/c1-2-3-4-5-6-7-8-9-10-11-13-16-19-18-15-12-14-17-20-18/h18H,2-6,9-17H2,1H3. The molecule has 1 heterocycles. The predicted octanol–water partition coefficient (Wildman–Crippen LogP) is 5.06. The van der Waals surface area contributed by atoms with E-state index in [9.17, 15) is 0 Å². The van der Waals surface area contributed by atoms with Crippen molar-refractivity contribution in [2.45, 2.75) is 90.3 Å². The minimum Gasteiger partial charge on any atom is -0.353 e. The van der Waals surface area contributed by atoms with Gasteiger partial charge in [0, 0.05) is 26.1 Å². The Labute approximate surface area is 125 Å². The molecule has 1 fully saturated rings. The number of rotatable bonds is 10. The molecule has 2 nitrogen and oxygen atoms in total. The molecule has 0 N–H and O–H groups in total. The average molecular weight is 280 g/mol. The van der Waals surface area contributed by atoms with Gasteiger partial charge in [-0.15, -0.1) is 11.8 Å². The molecule has 1 unspecified atom stereocenters. The molecule has 0 spiro atoms. The van der Waals surface area contributed by atoms with Crippen molar-refractivity contribution in [2.24, 2.45) is 0 Å². The van der Waals surface area contributed by atoms with E-state index >= 15 is 0 Å². The fraction of sp³-hybridized carbons (Fsp3) is 0.889. The zero-order chi connectivity index (χ0) is 14.3. The van der Waals surface area contributed by atoms with Gasteiger partial charge >= 0.3 is 0 Å². The molecule has 1 rings (SSSR count). The summed E-state index contributed by atoms with van der Waals surface area (Å²) >= 11 is 0. The topological polar surface area (TPSA) is 18.5 Å². The van der Waals surface area contributed by atoms with E-state index in [2.05, 4.69) is 18.8 Å². The Morgan fingerprint density at radius 3 is 2.35 bits per heavy atom. The van der Waals surface area contributed by atoms with E-state index in [-0.39, 0.29) is 6.29 Å². The second kappa shape index (κ2) is 13.5.